The molecule has 1 N–H and O–H groups in total. The second-order valence-electron chi connectivity index (χ2n) is 12.9. The van der Waals surface area contributed by atoms with Crippen LogP contribution in [0.25, 0.3) is 11.1 Å². The molecule has 2 fully saturated rings. The number of carbonyl (C=O) groups is 2. The number of amides is 2. The summed E-state index contributed by atoms with van der Waals surface area (Å²) in [6.07, 6.45) is 8.60. The zero-order chi connectivity index (χ0) is 31.9. The first-order valence-corrected chi connectivity index (χ1v) is 16.3. The van der Waals surface area contributed by atoms with Crippen LogP contribution in [0.1, 0.15) is 68.4 Å². The number of alkyl carbamates (subject to hydrolysis) is 1. The topological polar surface area (TPSA) is 84.0 Å². The van der Waals surface area contributed by atoms with E-state index in [0.717, 1.165) is 66.9 Å². The molecule has 2 aliphatic rings. The molecular weight excluding hydrogens is 564 g/mol. The maximum absolute atomic E-state index is 14.3. The smallest absolute Gasteiger partial charge is 0.407 e. The third-order valence-corrected chi connectivity index (χ3v) is 9.64. The molecule has 5 rings (SSSR count). The van der Waals surface area contributed by atoms with Gasteiger partial charge in [0, 0.05) is 51.1 Å². The van der Waals surface area contributed by atoms with Crippen molar-refractivity contribution in [1.82, 2.24) is 10.3 Å². The Balaban J connectivity index is 1.32. The lowest BCUT2D eigenvalue weighted by atomic mass is 9.78. The highest BCUT2D eigenvalue weighted by Gasteiger charge is 2.33. The van der Waals surface area contributed by atoms with E-state index >= 15 is 0 Å². The van der Waals surface area contributed by atoms with Gasteiger partial charge in [-0.25, -0.2) is 9.78 Å². The van der Waals surface area contributed by atoms with Crippen molar-refractivity contribution in [2.24, 2.45) is 11.8 Å². The fourth-order valence-electron chi connectivity index (χ4n) is 6.95. The van der Waals surface area contributed by atoms with Gasteiger partial charge >= 0.3 is 6.09 Å². The number of nitrogens with zero attached hydrogens (tertiary/aromatic N) is 3. The molecule has 0 atom stereocenters. The van der Waals surface area contributed by atoms with Crippen LogP contribution in [0.15, 0.2) is 60.8 Å². The number of nitrogens with one attached hydrogen (secondary N) is 1. The van der Waals surface area contributed by atoms with Gasteiger partial charge in [-0.05, 0) is 117 Å². The van der Waals surface area contributed by atoms with Gasteiger partial charge in [-0.2, -0.15) is 0 Å². The molecule has 1 aromatic heterocycles. The minimum atomic E-state index is -0.406. The molecule has 3 aromatic rings. The first kappa shape index (κ1) is 32.3. The van der Waals surface area contributed by atoms with Crippen LogP contribution in [0.4, 0.5) is 16.3 Å². The molecule has 240 valence electrons. The van der Waals surface area contributed by atoms with Crippen LogP contribution in [0.3, 0.4) is 0 Å². The van der Waals surface area contributed by atoms with Crippen LogP contribution in [0, 0.1) is 18.8 Å². The number of ether oxygens (including phenoxy) is 2. The van der Waals surface area contributed by atoms with E-state index in [0.29, 0.717) is 31.2 Å². The van der Waals surface area contributed by atoms with E-state index < -0.39 is 6.09 Å². The van der Waals surface area contributed by atoms with Crippen molar-refractivity contribution in [2.45, 2.75) is 70.3 Å². The summed E-state index contributed by atoms with van der Waals surface area (Å²) in [7, 11) is 7.26. The van der Waals surface area contributed by atoms with Crippen molar-refractivity contribution in [3.63, 3.8) is 0 Å². The Morgan fingerprint density at radius 2 is 1.67 bits per heavy atom. The highest BCUT2D eigenvalue weighted by Crippen LogP contribution is 2.39. The molecule has 8 nitrogen and oxygen atoms in total. The lowest BCUT2D eigenvalue weighted by molar-refractivity contribution is -0.124. The molecule has 2 amide bonds. The second-order valence-corrected chi connectivity index (χ2v) is 12.9. The summed E-state index contributed by atoms with van der Waals surface area (Å²) in [5.41, 5.74) is 5.57. The number of rotatable bonds is 9. The lowest BCUT2D eigenvalue weighted by Gasteiger charge is -2.36. The van der Waals surface area contributed by atoms with Crippen molar-refractivity contribution in [2.75, 3.05) is 44.6 Å². The van der Waals surface area contributed by atoms with E-state index in [1.165, 1.54) is 11.1 Å². The van der Waals surface area contributed by atoms with Crippen molar-refractivity contribution in [1.29, 1.82) is 0 Å². The number of carbonyl (C=O) groups excluding carboxylic acids is 2. The summed E-state index contributed by atoms with van der Waals surface area (Å²) in [5.74, 6) is 2.90. The van der Waals surface area contributed by atoms with E-state index in [1.807, 2.05) is 37.3 Å². The van der Waals surface area contributed by atoms with Crippen LogP contribution in [-0.2, 0) is 9.53 Å². The molecule has 8 heteroatoms. The van der Waals surface area contributed by atoms with Crippen molar-refractivity contribution >= 4 is 23.5 Å². The molecular formula is C37H48N4O4. The van der Waals surface area contributed by atoms with Gasteiger partial charge in [-0.1, -0.05) is 24.3 Å². The Hall–Kier alpha value is -4.07. The van der Waals surface area contributed by atoms with Gasteiger partial charge in [0.1, 0.15) is 17.7 Å². The number of anilines is 2. The fourth-order valence-corrected chi connectivity index (χ4v) is 6.95. The Kier molecular flexibility index (Phi) is 10.6. The van der Waals surface area contributed by atoms with Crippen LogP contribution in [0.5, 0.6) is 5.75 Å². The average Bonchev–Trinajstić information content (AvgIpc) is 3.07. The highest BCUT2D eigenvalue weighted by atomic mass is 16.6. The van der Waals surface area contributed by atoms with Gasteiger partial charge < -0.3 is 24.6 Å². The summed E-state index contributed by atoms with van der Waals surface area (Å²) >= 11 is 0. The number of aryl methyl sites for hydroxylation is 1. The van der Waals surface area contributed by atoms with Gasteiger partial charge in [0.05, 0.1) is 7.11 Å². The molecule has 45 heavy (non-hydrogen) atoms. The zero-order valence-corrected chi connectivity index (χ0v) is 27.4. The second kappa shape index (κ2) is 14.8. The monoisotopic (exact) mass is 612 g/mol. The van der Waals surface area contributed by atoms with Gasteiger partial charge in [0.25, 0.3) is 0 Å². The SMILES string of the molecule is CNC(=O)OC1CCC(C(=O)N(CC2CCC(c3ccc(OC)c(C)c3)CC2)c2cccc(-c3ccc(N(C)C)nc3)c2)CC1. The minimum absolute atomic E-state index is 0.0853. The molecule has 0 radical (unpaired) electrons. The molecule has 2 aliphatic carbocycles. The van der Waals surface area contributed by atoms with Crippen LogP contribution < -0.4 is 19.9 Å². The molecule has 0 aliphatic heterocycles. The van der Waals surface area contributed by atoms with Crippen molar-refractivity contribution in [3.8, 4) is 16.9 Å². The number of aromatic nitrogens is 1. The van der Waals surface area contributed by atoms with Crippen LogP contribution in [0.2, 0.25) is 0 Å². The third kappa shape index (κ3) is 7.96. The summed E-state index contributed by atoms with van der Waals surface area (Å²) in [6, 6.07) is 19.0. The predicted molar refractivity (Wildman–Crippen MR) is 180 cm³/mol. The van der Waals surface area contributed by atoms with Gasteiger partial charge in [-0.3, -0.25) is 4.79 Å². The molecule has 1 heterocycles. The Labute approximate surface area is 268 Å². The number of methoxy groups -OCH3 is 1. The molecule has 0 saturated heterocycles. The van der Waals surface area contributed by atoms with Crippen molar-refractivity contribution < 1.29 is 19.1 Å². The van der Waals surface area contributed by atoms with E-state index in [-0.39, 0.29) is 17.9 Å². The first-order chi connectivity index (χ1) is 21.7. The summed E-state index contributed by atoms with van der Waals surface area (Å²) in [4.78, 5) is 34.7. The predicted octanol–water partition coefficient (Wildman–Crippen LogP) is 7.35. The van der Waals surface area contributed by atoms with Gasteiger partial charge in [0.15, 0.2) is 0 Å². The standard InChI is InChI=1S/C37H48N4O4/c1-25-21-30(15-19-34(25)44-5)27-11-9-26(10-12-27)24-41(36(42)28-13-17-33(18-14-28)45-37(43)38-2)32-8-6-7-29(22-32)31-16-20-35(39-23-31)40(3)4/h6-8,15-16,19-23,26-28,33H,9-14,17-18,24H2,1-5H3,(H,38,43). The third-order valence-electron chi connectivity index (χ3n) is 9.64. The number of pyridine rings is 1. The minimum Gasteiger partial charge on any atom is -0.496 e. The highest BCUT2D eigenvalue weighted by molar-refractivity contribution is 5.95. The quantitative estimate of drug-likeness (QED) is 0.272. The van der Waals surface area contributed by atoms with E-state index in [9.17, 15) is 9.59 Å². The molecule has 0 bridgehead atoms. The molecule has 0 spiro atoms. The summed E-state index contributed by atoms with van der Waals surface area (Å²) in [6.45, 7) is 2.82. The zero-order valence-electron chi connectivity index (χ0n) is 27.4. The fraction of sp³-hybridized carbons (Fsp3) is 0.486. The Bertz CT molecular complexity index is 1440. The summed E-state index contributed by atoms with van der Waals surface area (Å²) in [5, 5.41) is 2.53. The average molecular weight is 613 g/mol. The molecule has 0 unspecified atom stereocenters. The number of hydrogen-bond acceptors (Lipinski definition) is 6. The molecule has 2 saturated carbocycles. The largest absolute Gasteiger partial charge is 0.496 e. The van der Waals surface area contributed by atoms with Crippen LogP contribution in [-0.4, -0.2) is 57.9 Å². The van der Waals surface area contributed by atoms with E-state index in [4.69, 9.17) is 9.47 Å². The van der Waals surface area contributed by atoms with Crippen molar-refractivity contribution in [3.05, 3.63) is 71.9 Å². The Morgan fingerprint density at radius 1 is 0.911 bits per heavy atom. The number of hydrogen-bond donors (Lipinski definition) is 1. The van der Waals surface area contributed by atoms with E-state index in [1.54, 1.807) is 14.2 Å². The maximum atomic E-state index is 14.3. The first-order valence-electron chi connectivity index (χ1n) is 16.3. The van der Waals surface area contributed by atoms with E-state index in [2.05, 4.69) is 64.6 Å². The van der Waals surface area contributed by atoms with Gasteiger partial charge in [0.2, 0.25) is 5.91 Å². The molecule has 2 aromatic carbocycles. The summed E-state index contributed by atoms with van der Waals surface area (Å²) < 4.78 is 11.0. The van der Waals surface area contributed by atoms with Gasteiger partial charge in [-0.15, -0.1) is 0 Å². The maximum Gasteiger partial charge on any atom is 0.407 e. The van der Waals surface area contributed by atoms with Crippen LogP contribution >= 0.6 is 0 Å². The Morgan fingerprint density at radius 3 is 2.29 bits per heavy atom. The number of benzene rings is 2. The normalized spacial score (nSPS) is 21.4. The lowest BCUT2D eigenvalue weighted by Crippen LogP contribution is -2.42.